The second-order valence-corrected chi connectivity index (χ2v) is 6.98. The number of carbonyl (C=O) groups is 2. The second-order valence-electron chi connectivity index (χ2n) is 6.98. The largest absolute Gasteiger partial charge is 0.372 e. The van der Waals surface area contributed by atoms with Gasteiger partial charge in [0.15, 0.2) is 0 Å². The standard InChI is InChI=1S/C18H28N4O3/c1-11(2)17(20-14(5)23)18(24)21-15-6-7-16(19-8-15)22-9-12(3)25-13(4)10-22/h6-8,11-13,17H,9-10H2,1-5H3,(H,20,23)(H,21,24)/t12-,13-,17-/m0/s1. The van der Waals surface area contributed by atoms with Crippen molar-refractivity contribution in [2.75, 3.05) is 23.3 Å². The minimum Gasteiger partial charge on any atom is -0.372 e. The number of pyridine rings is 1. The Balaban J connectivity index is 2.02. The molecule has 0 aromatic carbocycles. The lowest BCUT2D eigenvalue weighted by Crippen LogP contribution is -2.46. The maximum Gasteiger partial charge on any atom is 0.247 e. The van der Waals surface area contributed by atoms with Crippen LogP contribution in [0.4, 0.5) is 11.5 Å². The Kier molecular flexibility index (Phi) is 6.36. The van der Waals surface area contributed by atoms with Crippen LogP contribution in [0.1, 0.15) is 34.6 Å². The number of nitrogens with one attached hydrogen (secondary N) is 2. The molecule has 0 spiro atoms. The van der Waals surface area contributed by atoms with E-state index in [0.29, 0.717) is 5.69 Å². The molecule has 0 radical (unpaired) electrons. The first-order chi connectivity index (χ1) is 11.8. The number of aromatic nitrogens is 1. The Morgan fingerprint density at radius 3 is 2.36 bits per heavy atom. The van der Waals surface area contributed by atoms with Crippen LogP contribution in [-0.2, 0) is 14.3 Å². The van der Waals surface area contributed by atoms with Gasteiger partial charge in [-0.3, -0.25) is 9.59 Å². The summed E-state index contributed by atoms with van der Waals surface area (Å²) in [7, 11) is 0. The molecular weight excluding hydrogens is 320 g/mol. The zero-order valence-electron chi connectivity index (χ0n) is 15.6. The fourth-order valence-electron chi connectivity index (χ4n) is 2.99. The van der Waals surface area contributed by atoms with E-state index >= 15 is 0 Å². The number of hydrogen-bond donors (Lipinski definition) is 2. The molecular formula is C18H28N4O3. The monoisotopic (exact) mass is 348 g/mol. The molecule has 25 heavy (non-hydrogen) atoms. The van der Waals surface area contributed by atoms with Gasteiger partial charge in [-0.1, -0.05) is 13.8 Å². The van der Waals surface area contributed by atoms with E-state index in [-0.39, 0.29) is 29.9 Å². The van der Waals surface area contributed by atoms with E-state index in [1.165, 1.54) is 6.92 Å². The summed E-state index contributed by atoms with van der Waals surface area (Å²) < 4.78 is 5.73. The summed E-state index contributed by atoms with van der Waals surface area (Å²) in [5, 5.41) is 5.50. The molecule has 1 aromatic heterocycles. The first-order valence-corrected chi connectivity index (χ1v) is 8.70. The van der Waals surface area contributed by atoms with Gasteiger partial charge in [0, 0.05) is 20.0 Å². The lowest BCUT2D eigenvalue weighted by atomic mass is 10.0. The normalized spacial score (nSPS) is 21.8. The Morgan fingerprint density at radius 2 is 1.88 bits per heavy atom. The van der Waals surface area contributed by atoms with Crippen molar-refractivity contribution in [1.82, 2.24) is 10.3 Å². The van der Waals surface area contributed by atoms with Crippen molar-refractivity contribution >= 4 is 23.3 Å². The summed E-state index contributed by atoms with van der Waals surface area (Å²) in [6, 6.07) is 3.15. The van der Waals surface area contributed by atoms with Gasteiger partial charge < -0.3 is 20.3 Å². The Morgan fingerprint density at radius 1 is 1.24 bits per heavy atom. The molecule has 3 atom stereocenters. The van der Waals surface area contributed by atoms with E-state index in [4.69, 9.17) is 4.74 Å². The molecule has 138 valence electrons. The van der Waals surface area contributed by atoms with Crippen molar-refractivity contribution in [3.05, 3.63) is 18.3 Å². The van der Waals surface area contributed by atoms with Crippen molar-refractivity contribution in [3.8, 4) is 0 Å². The minimum atomic E-state index is -0.571. The lowest BCUT2D eigenvalue weighted by molar-refractivity contribution is -0.126. The summed E-state index contributed by atoms with van der Waals surface area (Å²) in [6.07, 6.45) is 1.96. The van der Waals surface area contributed by atoms with Crippen LogP contribution in [-0.4, -0.2) is 48.1 Å². The lowest BCUT2D eigenvalue weighted by Gasteiger charge is -2.36. The molecule has 1 aromatic rings. The van der Waals surface area contributed by atoms with E-state index in [1.54, 1.807) is 6.20 Å². The number of rotatable bonds is 5. The van der Waals surface area contributed by atoms with Crippen LogP contribution in [0, 0.1) is 5.92 Å². The first-order valence-electron chi connectivity index (χ1n) is 8.70. The average molecular weight is 348 g/mol. The number of morpholine rings is 1. The van der Waals surface area contributed by atoms with Gasteiger partial charge >= 0.3 is 0 Å². The van der Waals surface area contributed by atoms with E-state index in [1.807, 2.05) is 39.8 Å². The second kappa shape index (κ2) is 8.29. The van der Waals surface area contributed by atoms with Gasteiger partial charge in [-0.25, -0.2) is 4.98 Å². The van der Waals surface area contributed by atoms with Crippen LogP contribution in [0.15, 0.2) is 18.3 Å². The molecule has 1 aliphatic rings. The van der Waals surface area contributed by atoms with Gasteiger partial charge in [0.1, 0.15) is 11.9 Å². The highest BCUT2D eigenvalue weighted by atomic mass is 16.5. The molecule has 2 rings (SSSR count). The number of amides is 2. The minimum absolute atomic E-state index is 0.00698. The molecule has 2 heterocycles. The number of carbonyl (C=O) groups excluding carboxylic acids is 2. The molecule has 2 N–H and O–H groups in total. The van der Waals surface area contributed by atoms with Crippen molar-refractivity contribution in [3.63, 3.8) is 0 Å². The predicted octanol–water partition coefficient (Wildman–Crippen LogP) is 1.79. The van der Waals surface area contributed by atoms with Crippen LogP contribution in [0.3, 0.4) is 0 Å². The van der Waals surface area contributed by atoms with Crippen LogP contribution in [0.2, 0.25) is 0 Å². The molecule has 0 bridgehead atoms. The molecule has 2 amide bonds. The predicted molar refractivity (Wildman–Crippen MR) is 97.5 cm³/mol. The van der Waals surface area contributed by atoms with Gasteiger partial charge in [0.2, 0.25) is 11.8 Å². The average Bonchev–Trinajstić information content (AvgIpc) is 2.51. The highest BCUT2D eigenvalue weighted by molar-refractivity contribution is 5.97. The van der Waals surface area contributed by atoms with E-state index in [0.717, 1.165) is 18.9 Å². The number of anilines is 2. The zero-order chi connectivity index (χ0) is 18.6. The first kappa shape index (κ1) is 19.2. The van der Waals surface area contributed by atoms with Gasteiger partial charge in [0.25, 0.3) is 0 Å². The third-order valence-electron chi connectivity index (χ3n) is 4.07. The van der Waals surface area contributed by atoms with E-state index in [2.05, 4.69) is 20.5 Å². The number of ether oxygens (including phenoxy) is 1. The SMILES string of the molecule is CC(=O)N[C@H](C(=O)Nc1ccc(N2C[C@H](C)O[C@@H](C)C2)nc1)C(C)C. The number of hydrogen-bond acceptors (Lipinski definition) is 5. The fraction of sp³-hybridized carbons (Fsp3) is 0.611. The molecule has 0 aliphatic carbocycles. The van der Waals surface area contributed by atoms with Crippen molar-refractivity contribution in [2.45, 2.75) is 52.9 Å². The van der Waals surface area contributed by atoms with Crippen LogP contribution >= 0.6 is 0 Å². The number of nitrogens with zero attached hydrogens (tertiary/aromatic N) is 2. The van der Waals surface area contributed by atoms with E-state index < -0.39 is 6.04 Å². The summed E-state index contributed by atoms with van der Waals surface area (Å²) in [5.74, 6) is 0.390. The summed E-state index contributed by atoms with van der Waals surface area (Å²) in [5.41, 5.74) is 0.610. The molecule has 1 fully saturated rings. The summed E-state index contributed by atoms with van der Waals surface area (Å²) >= 11 is 0. The molecule has 1 aliphatic heterocycles. The van der Waals surface area contributed by atoms with Crippen molar-refractivity contribution in [1.29, 1.82) is 0 Å². The van der Waals surface area contributed by atoms with Gasteiger partial charge in [-0.15, -0.1) is 0 Å². The smallest absolute Gasteiger partial charge is 0.247 e. The summed E-state index contributed by atoms with van der Waals surface area (Å²) in [6.45, 7) is 10.9. The van der Waals surface area contributed by atoms with Gasteiger partial charge in [-0.05, 0) is 31.9 Å². The Bertz CT molecular complexity index is 593. The third kappa shape index (κ3) is 5.42. The summed E-state index contributed by atoms with van der Waals surface area (Å²) in [4.78, 5) is 30.3. The maximum absolute atomic E-state index is 12.4. The van der Waals surface area contributed by atoms with Crippen LogP contribution < -0.4 is 15.5 Å². The molecule has 7 heteroatoms. The van der Waals surface area contributed by atoms with Gasteiger partial charge in [-0.2, -0.15) is 0 Å². The molecule has 7 nitrogen and oxygen atoms in total. The Labute approximate surface area is 149 Å². The highest BCUT2D eigenvalue weighted by Crippen LogP contribution is 2.20. The molecule has 0 unspecified atom stereocenters. The van der Waals surface area contributed by atoms with Crippen molar-refractivity contribution < 1.29 is 14.3 Å². The fourth-order valence-corrected chi connectivity index (χ4v) is 2.99. The topological polar surface area (TPSA) is 83.6 Å². The van der Waals surface area contributed by atoms with Gasteiger partial charge in [0.05, 0.1) is 24.1 Å². The van der Waals surface area contributed by atoms with Crippen LogP contribution in [0.25, 0.3) is 0 Å². The van der Waals surface area contributed by atoms with Crippen LogP contribution in [0.5, 0.6) is 0 Å². The zero-order valence-corrected chi connectivity index (χ0v) is 15.6. The maximum atomic E-state index is 12.4. The quantitative estimate of drug-likeness (QED) is 0.848. The molecule has 1 saturated heterocycles. The van der Waals surface area contributed by atoms with E-state index in [9.17, 15) is 9.59 Å². The Hall–Kier alpha value is -2.15. The van der Waals surface area contributed by atoms with Crippen molar-refractivity contribution in [2.24, 2.45) is 5.92 Å². The molecule has 0 saturated carbocycles. The third-order valence-corrected chi connectivity index (χ3v) is 4.07. The highest BCUT2D eigenvalue weighted by Gasteiger charge is 2.24.